The third-order valence-electron chi connectivity index (χ3n) is 3.76. The fourth-order valence-electron chi connectivity index (χ4n) is 2.45. The first-order valence-corrected chi connectivity index (χ1v) is 9.07. The maximum atomic E-state index is 14.0. The van der Waals surface area contributed by atoms with E-state index in [1.54, 1.807) is 6.07 Å². The number of halogens is 2. The molecule has 0 aliphatic rings. The van der Waals surface area contributed by atoms with Gasteiger partial charge >= 0.3 is 0 Å². The number of H-pyrrole nitrogens is 1. The molecule has 0 radical (unpaired) electrons. The molecule has 0 bridgehead atoms. The van der Waals surface area contributed by atoms with Crippen LogP contribution in [0.15, 0.2) is 53.6 Å². The lowest BCUT2D eigenvalue weighted by Crippen LogP contribution is -2.13. The molecule has 1 aromatic heterocycles. The van der Waals surface area contributed by atoms with Crippen LogP contribution in [-0.4, -0.2) is 20.5 Å². The summed E-state index contributed by atoms with van der Waals surface area (Å²) < 4.78 is 59.8. The second-order valence-electron chi connectivity index (χ2n) is 5.51. The number of ether oxygens (including phenoxy) is 1. The Bertz CT molecular complexity index is 1150. The van der Waals surface area contributed by atoms with Crippen LogP contribution in [0.3, 0.4) is 0 Å². The monoisotopic (exact) mass is 389 g/mol. The van der Waals surface area contributed by atoms with E-state index in [9.17, 15) is 17.2 Å². The lowest BCUT2D eigenvalue weighted by Gasteiger charge is -2.08. The molecule has 3 aromatic rings. The summed E-state index contributed by atoms with van der Waals surface area (Å²) in [5.41, 5.74) is 0.424. The number of aromatic amines is 1. The molecule has 27 heavy (non-hydrogen) atoms. The summed E-state index contributed by atoms with van der Waals surface area (Å²) >= 11 is 0. The number of benzene rings is 2. The van der Waals surface area contributed by atoms with E-state index in [1.165, 1.54) is 43.6 Å². The molecule has 3 rings (SSSR count). The number of aromatic nitrogens is 1. The Kier molecular flexibility index (Phi) is 4.83. The van der Waals surface area contributed by atoms with E-state index in [4.69, 9.17) is 10.00 Å². The fraction of sp³-hybridized carbons (Fsp3) is 0.0556. The Labute approximate surface area is 154 Å². The number of nitrogens with zero attached hydrogens (tertiary/aromatic N) is 1. The van der Waals surface area contributed by atoms with Crippen LogP contribution in [0, 0.1) is 23.0 Å². The minimum atomic E-state index is -4.11. The van der Waals surface area contributed by atoms with Gasteiger partial charge in [-0.1, -0.05) is 0 Å². The molecule has 9 heteroatoms. The number of sulfonamides is 1. The first-order valence-electron chi connectivity index (χ1n) is 7.59. The van der Waals surface area contributed by atoms with E-state index in [0.717, 1.165) is 12.1 Å². The molecule has 138 valence electrons. The van der Waals surface area contributed by atoms with E-state index >= 15 is 0 Å². The Morgan fingerprint density at radius 1 is 1.15 bits per heavy atom. The molecule has 0 aliphatic heterocycles. The molecule has 0 atom stereocenters. The molecule has 0 saturated heterocycles. The summed E-state index contributed by atoms with van der Waals surface area (Å²) in [5.74, 6) is -1.03. The van der Waals surface area contributed by atoms with Gasteiger partial charge in [-0.25, -0.2) is 17.2 Å². The van der Waals surface area contributed by atoms with Crippen LogP contribution in [0.1, 0.15) is 5.56 Å². The van der Waals surface area contributed by atoms with Gasteiger partial charge in [0.15, 0.2) is 0 Å². The van der Waals surface area contributed by atoms with Gasteiger partial charge in [-0.05, 0) is 42.5 Å². The molecule has 1 heterocycles. The smallest absolute Gasteiger partial charge is 0.263 e. The van der Waals surface area contributed by atoms with Crippen molar-refractivity contribution in [1.29, 1.82) is 5.26 Å². The van der Waals surface area contributed by atoms with Gasteiger partial charge in [0, 0.05) is 11.8 Å². The summed E-state index contributed by atoms with van der Waals surface area (Å²) in [7, 11) is -2.70. The molecule has 0 aliphatic carbocycles. The lowest BCUT2D eigenvalue weighted by molar-refractivity contribution is 0.415. The van der Waals surface area contributed by atoms with Gasteiger partial charge < -0.3 is 9.72 Å². The van der Waals surface area contributed by atoms with Gasteiger partial charge in [-0.3, -0.25) is 4.72 Å². The van der Waals surface area contributed by atoms with Crippen LogP contribution in [0.4, 0.5) is 14.5 Å². The summed E-state index contributed by atoms with van der Waals surface area (Å²) in [4.78, 5) is 2.57. The molecule has 6 nitrogen and oxygen atoms in total. The van der Waals surface area contributed by atoms with Crippen molar-refractivity contribution in [3.05, 3.63) is 65.9 Å². The van der Waals surface area contributed by atoms with Crippen LogP contribution in [0.5, 0.6) is 5.75 Å². The molecule has 0 amide bonds. The fourth-order valence-corrected chi connectivity index (χ4v) is 3.51. The minimum Gasteiger partial charge on any atom is -0.496 e. The Morgan fingerprint density at radius 2 is 1.93 bits per heavy atom. The van der Waals surface area contributed by atoms with Crippen LogP contribution in [0.2, 0.25) is 0 Å². The summed E-state index contributed by atoms with van der Waals surface area (Å²) in [5, 5.41) is 8.74. The number of nitrogens with one attached hydrogen (secondary N) is 2. The zero-order valence-electron chi connectivity index (χ0n) is 14.0. The second-order valence-corrected chi connectivity index (χ2v) is 7.19. The lowest BCUT2D eigenvalue weighted by atomic mass is 10.1. The standard InChI is InChI=1S/C18H13F2N3O3S/c1-26-18-5-3-12(19)7-14(18)17-8-13(10-22-17)27(24,25)23-16-4-2-11(9-21)6-15(16)20/h2-8,10,22-23H,1H3. The van der Waals surface area contributed by atoms with Crippen LogP contribution >= 0.6 is 0 Å². The van der Waals surface area contributed by atoms with Crippen molar-refractivity contribution < 1.29 is 21.9 Å². The third-order valence-corrected chi connectivity index (χ3v) is 5.11. The van der Waals surface area contributed by atoms with E-state index in [2.05, 4.69) is 9.71 Å². The first-order chi connectivity index (χ1) is 12.8. The molecule has 0 unspecified atom stereocenters. The van der Waals surface area contributed by atoms with Gasteiger partial charge in [0.25, 0.3) is 10.0 Å². The molecule has 2 aromatic carbocycles. The summed E-state index contributed by atoms with van der Waals surface area (Å²) in [6, 6.07) is 10.3. The Morgan fingerprint density at radius 3 is 2.59 bits per heavy atom. The highest BCUT2D eigenvalue weighted by atomic mass is 32.2. The second kappa shape index (κ2) is 7.09. The van der Waals surface area contributed by atoms with Gasteiger partial charge in [0.05, 0.1) is 30.1 Å². The van der Waals surface area contributed by atoms with Crippen molar-refractivity contribution in [3.63, 3.8) is 0 Å². The van der Waals surface area contributed by atoms with Crippen molar-refractivity contribution >= 4 is 15.7 Å². The molecule has 2 N–H and O–H groups in total. The Balaban J connectivity index is 1.94. The zero-order chi connectivity index (χ0) is 19.6. The van der Waals surface area contributed by atoms with E-state index < -0.39 is 21.7 Å². The van der Waals surface area contributed by atoms with Gasteiger partial charge in [-0.15, -0.1) is 0 Å². The third kappa shape index (κ3) is 3.75. The SMILES string of the molecule is COc1ccc(F)cc1-c1cc(S(=O)(=O)Nc2ccc(C#N)cc2F)c[nH]1. The quantitative estimate of drug-likeness (QED) is 0.696. The first kappa shape index (κ1) is 18.4. The number of methoxy groups -OCH3 is 1. The molecular formula is C18H13F2N3O3S. The van der Waals surface area contributed by atoms with Crippen molar-refractivity contribution in [3.8, 4) is 23.1 Å². The molecule has 0 fully saturated rings. The number of hydrogen-bond acceptors (Lipinski definition) is 4. The number of hydrogen-bond donors (Lipinski definition) is 2. The van der Waals surface area contributed by atoms with Crippen molar-refractivity contribution in [2.24, 2.45) is 0 Å². The molecule has 0 saturated carbocycles. The van der Waals surface area contributed by atoms with Crippen LogP contribution in [-0.2, 0) is 10.0 Å². The van der Waals surface area contributed by atoms with Crippen molar-refractivity contribution in [2.75, 3.05) is 11.8 Å². The van der Waals surface area contributed by atoms with Crippen molar-refractivity contribution in [2.45, 2.75) is 4.90 Å². The van der Waals surface area contributed by atoms with Crippen molar-refractivity contribution in [1.82, 2.24) is 4.98 Å². The highest BCUT2D eigenvalue weighted by Gasteiger charge is 2.20. The topological polar surface area (TPSA) is 95.0 Å². The van der Waals surface area contributed by atoms with E-state index in [1.807, 2.05) is 0 Å². The van der Waals surface area contributed by atoms with Gasteiger partial charge in [-0.2, -0.15) is 5.26 Å². The predicted octanol–water partition coefficient (Wildman–Crippen LogP) is 3.64. The summed E-state index contributed by atoms with van der Waals surface area (Å²) in [6.45, 7) is 0. The van der Waals surface area contributed by atoms with Gasteiger partial charge in [0.1, 0.15) is 22.3 Å². The van der Waals surface area contributed by atoms with Crippen LogP contribution in [0.25, 0.3) is 11.3 Å². The molecular weight excluding hydrogens is 376 g/mol. The van der Waals surface area contributed by atoms with Crippen LogP contribution < -0.4 is 9.46 Å². The van der Waals surface area contributed by atoms with E-state index in [0.29, 0.717) is 17.0 Å². The maximum Gasteiger partial charge on any atom is 0.263 e. The number of rotatable bonds is 5. The highest BCUT2D eigenvalue weighted by Crippen LogP contribution is 2.31. The average molecular weight is 389 g/mol. The summed E-state index contributed by atoms with van der Waals surface area (Å²) in [6.07, 6.45) is 1.20. The molecule has 0 spiro atoms. The number of nitriles is 1. The largest absolute Gasteiger partial charge is 0.496 e. The number of anilines is 1. The zero-order valence-corrected chi connectivity index (χ0v) is 14.8. The minimum absolute atomic E-state index is 0.0672. The van der Waals surface area contributed by atoms with E-state index in [-0.39, 0.29) is 16.1 Å². The van der Waals surface area contributed by atoms with Gasteiger partial charge in [0.2, 0.25) is 0 Å². The average Bonchev–Trinajstić information content (AvgIpc) is 3.14. The Hall–Kier alpha value is -3.38. The maximum absolute atomic E-state index is 14.0. The predicted molar refractivity (Wildman–Crippen MR) is 94.7 cm³/mol. The normalized spacial score (nSPS) is 11.0. The highest BCUT2D eigenvalue weighted by molar-refractivity contribution is 7.92.